The Morgan fingerprint density at radius 1 is 1.47 bits per heavy atom. The zero-order valence-corrected chi connectivity index (χ0v) is 12.5. The molecule has 0 spiro atoms. The Morgan fingerprint density at radius 2 is 2.26 bits per heavy atom. The van der Waals surface area contributed by atoms with Crippen LogP contribution < -0.4 is 0 Å². The van der Waals surface area contributed by atoms with Crippen molar-refractivity contribution in [3.63, 3.8) is 0 Å². The number of rotatable bonds is 5. The number of hydrogen-bond donors (Lipinski definition) is 1. The fraction of sp³-hybridized carbons (Fsp3) is 0.600. The van der Waals surface area contributed by atoms with Gasteiger partial charge in [-0.1, -0.05) is 24.6 Å². The summed E-state index contributed by atoms with van der Waals surface area (Å²) in [5.74, 6) is 0.154. The number of likely N-dealkylation sites (N-methyl/N-ethyl adjacent to an activating group) is 2. The minimum Gasteiger partial charge on any atom is -0.506 e. The zero-order valence-electron chi connectivity index (χ0n) is 11.8. The van der Waals surface area contributed by atoms with Crippen molar-refractivity contribution in [2.45, 2.75) is 32.4 Å². The van der Waals surface area contributed by atoms with Gasteiger partial charge in [0.1, 0.15) is 5.75 Å². The van der Waals surface area contributed by atoms with E-state index in [4.69, 9.17) is 11.6 Å². The van der Waals surface area contributed by atoms with Crippen LogP contribution in [0.25, 0.3) is 0 Å². The van der Waals surface area contributed by atoms with Crippen LogP contribution in [0.4, 0.5) is 0 Å². The maximum absolute atomic E-state index is 9.42. The van der Waals surface area contributed by atoms with Crippen LogP contribution in [-0.2, 0) is 6.54 Å². The summed E-state index contributed by atoms with van der Waals surface area (Å²) in [6, 6.07) is 6.13. The number of nitrogens with zero attached hydrogens (tertiary/aromatic N) is 2. The van der Waals surface area contributed by atoms with Crippen LogP contribution in [0.3, 0.4) is 0 Å². The first-order chi connectivity index (χ1) is 9.10. The number of aromatic hydroxyl groups is 1. The quantitative estimate of drug-likeness (QED) is 0.899. The van der Waals surface area contributed by atoms with Crippen LogP contribution in [0.15, 0.2) is 18.2 Å². The van der Waals surface area contributed by atoms with Gasteiger partial charge in [-0.05, 0) is 50.7 Å². The van der Waals surface area contributed by atoms with E-state index < -0.39 is 0 Å². The molecule has 1 N–H and O–H groups in total. The summed E-state index contributed by atoms with van der Waals surface area (Å²) in [5, 5.41) is 9.85. The van der Waals surface area contributed by atoms with Crippen LogP contribution in [0.5, 0.6) is 5.75 Å². The van der Waals surface area contributed by atoms with E-state index in [0.29, 0.717) is 11.1 Å². The van der Waals surface area contributed by atoms with Crippen molar-refractivity contribution in [3.8, 4) is 5.75 Å². The van der Waals surface area contributed by atoms with Gasteiger partial charge in [0, 0.05) is 19.1 Å². The molecule has 0 radical (unpaired) electrons. The van der Waals surface area contributed by atoms with Crippen LogP contribution in [0.1, 0.15) is 25.3 Å². The Morgan fingerprint density at radius 3 is 2.95 bits per heavy atom. The molecule has 1 fully saturated rings. The summed E-state index contributed by atoms with van der Waals surface area (Å²) in [4.78, 5) is 4.89. The topological polar surface area (TPSA) is 26.7 Å². The average molecular weight is 283 g/mol. The highest BCUT2D eigenvalue weighted by molar-refractivity contribution is 6.32. The first-order valence-corrected chi connectivity index (χ1v) is 7.38. The Kier molecular flexibility index (Phi) is 5.08. The maximum atomic E-state index is 9.42. The molecule has 4 heteroatoms. The smallest absolute Gasteiger partial charge is 0.134 e. The van der Waals surface area contributed by atoms with E-state index in [2.05, 4.69) is 23.8 Å². The first-order valence-electron chi connectivity index (χ1n) is 7.00. The van der Waals surface area contributed by atoms with E-state index in [0.717, 1.165) is 25.2 Å². The van der Waals surface area contributed by atoms with Crippen LogP contribution >= 0.6 is 11.6 Å². The number of phenolic OH excluding ortho intramolecular Hbond substituents is 1. The average Bonchev–Trinajstić information content (AvgIpc) is 2.81. The molecule has 1 saturated heterocycles. The monoisotopic (exact) mass is 282 g/mol. The summed E-state index contributed by atoms with van der Waals surface area (Å²) in [7, 11) is 2.15. The fourth-order valence-corrected chi connectivity index (χ4v) is 3.11. The van der Waals surface area contributed by atoms with E-state index in [1.165, 1.54) is 19.4 Å². The van der Waals surface area contributed by atoms with Crippen LogP contribution in [0.2, 0.25) is 5.02 Å². The molecule has 106 valence electrons. The lowest BCUT2D eigenvalue weighted by molar-refractivity contribution is 0.195. The molecule has 0 aromatic heterocycles. The second-order valence-corrected chi connectivity index (χ2v) is 5.81. The van der Waals surface area contributed by atoms with Crippen molar-refractivity contribution in [1.29, 1.82) is 0 Å². The fourth-order valence-electron chi connectivity index (χ4n) is 2.90. The molecule has 0 amide bonds. The van der Waals surface area contributed by atoms with Crippen molar-refractivity contribution >= 4 is 11.6 Å². The lowest BCUT2D eigenvalue weighted by Crippen LogP contribution is -2.38. The van der Waals surface area contributed by atoms with Gasteiger partial charge in [-0.3, -0.25) is 4.90 Å². The largest absolute Gasteiger partial charge is 0.506 e. The second-order valence-electron chi connectivity index (χ2n) is 5.41. The van der Waals surface area contributed by atoms with E-state index >= 15 is 0 Å². The van der Waals surface area contributed by atoms with Gasteiger partial charge < -0.3 is 10.0 Å². The van der Waals surface area contributed by atoms with Crippen LogP contribution in [-0.4, -0.2) is 47.6 Å². The molecule has 1 aliphatic rings. The molecule has 1 aromatic rings. The molecule has 1 atom stereocenters. The third-order valence-electron chi connectivity index (χ3n) is 3.89. The van der Waals surface area contributed by atoms with Gasteiger partial charge in [-0.25, -0.2) is 0 Å². The van der Waals surface area contributed by atoms with Gasteiger partial charge >= 0.3 is 0 Å². The summed E-state index contributed by atoms with van der Waals surface area (Å²) < 4.78 is 0. The van der Waals surface area contributed by atoms with E-state index in [1.807, 2.05) is 12.1 Å². The van der Waals surface area contributed by atoms with Gasteiger partial charge in [0.25, 0.3) is 0 Å². The second kappa shape index (κ2) is 6.60. The Hall–Kier alpha value is -0.770. The number of benzene rings is 1. The van der Waals surface area contributed by atoms with E-state index in [1.54, 1.807) is 6.07 Å². The van der Waals surface area contributed by atoms with Crippen LogP contribution in [0, 0.1) is 0 Å². The summed E-state index contributed by atoms with van der Waals surface area (Å²) in [6.45, 7) is 6.57. The Bertz CT molecular complexity index is 425. The highest BCUT2D eigenvalue weighted by atomic mass is 35.5. The highest BCUT2D eigenvalue weighted by Crippen LogP contribution is 2.24. The van der Waals surface area contributed by atoms with Crippen molar-refractivity contribution in [2.24, 2.45) is 0 Å². The van der Waals surface area contributed by atoms with Crippen molar-refractivity contribution < 1.29 is 5.11 Å². The molecule has 3 nitrogen and oxygen atoms in total. The van der Waals surface area contributed by atoms with E-state index in [9.17, 15) is 5.11 Å². The molecular weight excluding hydrogens is 260 g/mol. The number of likely N-dealkylation sites (tertiary alicyclic amines) is 1. The Labute approximate surface area is 120 Å². The summed E-state index contributed by atoms with van der Waals surface area (Å²) >= 11 is 5.94. The van der Waals surface area contributed by atoms with Gasteiger partial charge in [-0.2, -0.15) is 0 Å². The lowest BCUT2D eigenvalue weighted by atomic mass is 10.1. The number of hydrogen-bond acceptors (Lipinski definition) is 3. The predicted octanol–water partition coefficient (Wildman–Crippen LogP) is 2.96. The summed E-state index contributed by atoms with van der Waals surface area (Å²) in [6.07, 6.45) is 2.62. The third kappa shape index (κ3) is 3.85. The minimum absolute atomic E-state index is 0.154. The standard InChI is InChI=1S/C15H23ClN2O/c1-3-18-8-4-5-13(18)11-17(2)10-12-6-7-15(19)14(16)9-12/h6-7,9,13,19H,3-5,8,10-11H2,1-2H3. The molecule has 1 unspecified atom stereocenters. The van der Waals surface area contributed by atoms with Gasteiger partial charge in [0.15, 0.2) is 0 Å². The molecule has 1 aromatic carbocycles. The highest BCUT2D eigenvalue weighted by Gasteiger charge is 2.23. The van der Waals surface area contributed by atoms with Crippen molar-refractivity contribution in [1.82, 2.24) is 9.80 Å². The Balaban J connectivity index is 1.90. The maximum Gasteiger partial charge on any atom is 0.134 e. The molecule has 0 aliphatic carbocycles. The molecule has 0 saturated carbocycles. The molecular formula is C15H23ClN2O. The molecule has 0 bridgehead atoms. The summed E-state index contributed by atoms with van der Waals surface area (Å²) in [5.41, 5.74) is 1.14. The lowest BCUT2D eigenvalue weighted by Gasteiger charge is -2.27. The van der Waals surface area contributed by atoms with Gasteiger partial charge in [0.05, 0.1) is 5.02 Å². The molecule has 2 rings (SSSR count). The molecule has 1 heterocycles. The van der Waals surface area contributed by atoms with E-state index in [-0.39, 0.29) is 5.75 Å². The number of halogens is 1. The predicted molar refractivity (Wildman–Crippen MR) is 79.7 cm³/mol. The first kappa shape index (κ1) is 14.6. The number of phenols is 1. The van der Waals surface area contributed by atoms with Crippen molar-refractivity contribution in [3.05, 3.63) is 28.8 Å². The van der Waals surface area contributed by atoms with Crippen molar-refractivity contribution in [2.75, 3.05) is 26.7 Å². The molecule has 1 aliphatic heterocycles. The SMILES string of the molecule is CCN1CCCC1CN(C)Cc1ccc(O)c(Cl)c1. The van der Waals surface area contributed by atoms with Gasteiger partial charge in [-0.15, -0.1) is 0 Å². The third-order valence-corrected chi connectivity index (χ3v) is 4.19. The minimum atomic E-state index is 0.154. The van der Waals surface area contributed by atoms with Gasteiger partial charge in [0.2, 0.25) is 0 Å². The zero-order chi connectivity index (χ0) is 13.8. The normalized spacial score (nSPS) is 20.3. The molecule has 19 heavy (non-hydrogen) atoms.